The first-order valence-electron chi connectivity index (χ1n) is 19.3. The summed E-state index contributed by atoms with van der Waals surface area (Å²) in [6.07, 6.45) is 13.2. The molecule has 1 heterocycles. The van der Waals surface area contributed by atoms with Crippen LogP contribution >= 0.6 is 0 Å². The minimum absolute atomic E-state index is 0.00653. The van der Waals surface area contributed by atoms with E-state index in [-0.39, 0.29) is 57.7 Å². The fourth-order valence-corrected chi connectivity index (χ4v) is 12.5. The number of ether oxygens (including phenoxy) is 1. The Hall–Kier alpha value is -3.29. The van der Waals surface area contributed by atoms with Crippen molar-refractivity contribution >= 4 is 29.4 Å². The number of aromatic nitrogens is 1. The molecule has 2 N–H and O–H groups in total. The zero-order valence-electron chi connectivity index (χ0n) is 32.4. The number of Topliss-reactive ketones (excluding diaryl/α,β-unsaturated/α-hetero) is 1. The van der Waals surface area contributed by atoms with Gasteiger partial charge in [0.1, 0.15) is 11.9 Å². The van der Waals surface area contributed by atoms with Gasteiger partial charge in [0.2, 0.25) is 5.91 Å². The molecule has 1 aromatic rings. The van der Waals surface area contributed by atoms with Crippen LogP contribution < -0.4 is 5.32 Å². The van der Waals surface area contributed by atoms with Crippen LogP contribution in [0.5, 0.6) is 0 Å². The monoisotopic (exact) mass is 700 g/mol. The lowest BCUT2D eigenvalue weighted by Gasteiger charge is -2.72. The lowest BCUT2D eigenvalue weighted by atomic mass is 9.33. The third-order valence-electron chi connectivity index (χ3n) is 15.3. The number of esters is 1. The SMILES string of the molecule is CC(C)C1=C2[C@H]3CC[C@@H]4[C@@]5(C)CCC(OC(=O)CC(C)(C)C(=O)O)C(C)(C)[C@@H]5CC[C@@]4(C)[C@]3(C)CC[C@@]2(/C=C/C(=O)Nc2ccccn2)CC1=O. The van der Waals surface area contributed by atoms with Gasteiger partial charge in [-0.25, -0.2) is 4.98 Å². The normalized spacial score (nSPS) is 37.3. The molecular weight excluding hydrogens is 640 g/mol. The largest absolute Gasteiger partial charge is 0.481 e. The van der Waals surface area contributed by atoms with Gasteiger partial charge in [-0.3, -0.25) is 19.2 Å². The highest BCUT2D eigenvalue weighted by Gasteiger charge is 2.70. The molecule has 6 rings (SSSR count). The van der Waals surface area contributed by atoms with Gasteiger partial charge in [0.15, 0.2) is 5.78 Å². The van der Waals surface area contributed by atoms with Crippen molar-refractivity contribution in [3.63, 3.8) is 0 Å². The average molecular weight is 701 g/mol. The molecule has 1 unspecified atom stereocenters. The highest BCUT2D eigenvalue weighted by Crippen LogP contribution is 2.77. The van der Waals surface area contributed by atoms with Gasteiger partial charge in [-0.15, -0.1) is 0 Å². The van der Waals surface area contributed by atoms with Gasteiger partial charge in [-0.05, 0) is 128 Å². The molecule has 0 radical (unpaired) electrons. The van der Waals surface area contributed by atoms with Crippen LogP contribution in [0.4, 0.5) is 5.82 Å². The summed E-state index contributed by atoms with van der Waals surface area (Å²) in [4.78, 5) is 56.1. The molecule has 8 heteroatoms. The highest BCUT2D eigenvalue weighted by molar-refractivity contribution is 6.02. The van der Waals surface area contributed by atoms with Gasteiger partial charge in [-0.1, -0.05) is 60.6 Å². The number of amides is 1. The molecule has 8 atom stereocenters. The number of carboxylic acids is 1. The van der Waals surface area contributed by atoms with Gasteiger partial charge in [-0.2, -0.15) is 0 Å². The number of carbonyl (C=O) groups is 4. The molecule has 0 spiro atoms. The van der Waals surface area contributed by atoms with Crippen LogP contribution in [-0.2, 0) is 23.9 Å². The lowest BCUT2D eigenvalue weighted by molar-refractivity contribution is -0.232. The quantitative estimate of drug-likeness (QED) is 0.205. The number of pyridine rings is 1. The number of allylic oxidation sites excluding steroid dienone is 3. The van der Waals surface area contributed by atoms with E-state index in [0.717, 1.165) is 56.9 Å². The maximum Gasteiger partial charge on any atom is 0.309 e. The topological polar surface area (TPSA) is 123 Å². The fourth-order valence-electron chi connectivity index (χ4n) is 12.5. The Morgan fingerprint density at radius 2 is 1.71 bits per heavy atom. The summed E-state index contributed by atoms with van der Waals surface area (Å²) in [5.74, 6) is 0.339. The van der Waals surface area contributed by atoms with E-state index in [1.165, 1.54) is 5.57 Å². The van der Waals surface area contributed by atoms with Crippen molar-refractivity contribution in [2.45, 2.75) is 133 Å². The number of rotatable bonds is 8. The first-order chi connectivity index (χ1) is 23.7. The summed E-state index contributed by atoms with van der Waals surface area (Å²) in [6.45, 7) is 19.6. The third kappa shape index (κ3) is 5.91. The van der Waals surface area contributed by atoms with Crippen LogP contribution in [0, 0.1) is 56.2 Å². The van der Waals surface area contributed by atoms with Gasteiger partial charge < -0.3 is 15.2 Å². The van der Waals surface area contributed by atoms with Crippen molar-refractivity contribution in [1.82, 2.24) is 4.98 Å². The van der Waals surface area contributed by atoms with E-state index in [4.69, 9.17) is 4.74 Å². The summed E-state index contributed by atoms with van der Waals surface area (Å²) in [5, 5.41) is 12.5. The molecule has 278 valence electrons. The number of hydrogen-bond donors (Lipinski definition) is 2. The summed E-state index contributed by atoms with van der Waals surface area (Å²) >= 11 is 0. The van der Waals surface area contributed by atoms with Crippen LogP contribution in [0.25, 0.3) is 0 Å². The van der Waals surface area contributed by atoms with Crippen molar-refractivity contribution in [2.75, 3.05) is 5.32 Å². The zero-order chi connectivity index (χ0) is 37.4. The minimum Gasteiger partial charge on any atom is -0.481 e. The van der Waals surface area contributed by atoms with E-state index in [9.17, 15) is 24.3 Å². The molecule has 0 aliphatic heterocycles. The van der Waals surface area contributed by atoms with Gasteiger partial charge in [0.05, 0.1) is 11.8 Å². The molecule has 1 amide bonds. The smallest absolute Gasteiger partial charge is 0.309 e. The van der Waals surface area contributed by atoms with Gasteiger partial charge in [0.25, 0.3) is 0 Å². The first-order valence-corrected chi connectivity index (χ1v) is 19.3. The summed E-state index contributed by atoms with van der Waals surface area (Å²) in [6, 6.07) is 5.43. The predicted molar refractivity (Wildman–Crippen MR) is 197 cm³/mol. The second-order valence-corrected chi connectivity index (χ2v) is 19.1. The number of carbonyl (C=O) groups excluding carboxylic acids is 3. The Balaban J connectivity index is 1.28. The summed E-state index contributed by atoms with van der Waals surface area (Å²) < 4.78 is 6.15. The number of carboxylic acid groups (broad SMARTS) is 1. The second kappa shape index (κ2) is 12.7. The number of nitrogens with zero attached hydrogens (tertiary/aromatic N) is 1. The zero-order valence-corrected chi connectivity index (χ0v) is 32.4. The van der Waals surface area contributed by atoms with Crippen LogP contribution in [0.2, 0.25) is 0 Å². The molecule has 1 aromatic heterocycles. The van der Waals surface area contributed by atoms with E-state index >= 15 is 0 Å². The predicted octanol–water partition coefficient (Wildman–Crippen LogP) is 8.97. The maximum atomic E-state index is 13.9. The molecule has 5 aliphatic carbocycles. The van der Waals surface area contributed by atoms with Gasteiger partial charge >= 0.3 is 11.9 Å². The number of aliphatic carboxylic acids is 1. The molecule has 8 nitrogen and oxygen atoms in total. The number of fused-ring (bicyclic) bond motifs is 7. The molecule has 4 fully saturated rings. The standard InChI is InChI=1S/C43H60N2O6/c1-26(2)35-28(46)24-43(20-17-33(47)45-32-12-10-11-23-44-32)22-21-41(8)27(36(35)43)13-14-30-40(7)18-16-31(51-34(48)25-38(3,4)37(49)50)39(5,6)29(40)15-19-42(30,41)9/h10-12,17,20,23,26-27,29-31H,13-16,18-19,21-22,24-25H2,1-9H3,(H,49,50)(H,44,45,47)/b20-17+/t27-,29+,30-,31?,40+,41-,42-,43+/m1/s1. The van der Waals surface area contributed by atoms with Crippen LogP contribution in [-0.4, -0.2) is 39.8 Å². The highest BCUT2D eigenvalue weighted by atomic mass is 16.5. The van der Waals surface area contributed by atoms with Crippen molar-refractivity contribution in [1.29, 1.82) is 0 Å². The Labute approximate surface area is 304 Å². The summed E-state index contributed by atoms with van der Waals surface area (Å²) in [5.41, 5.74) is 0.565. The number of anilines is 1. The Kier molecular flexibility index (Phi) is 9.32. The van der Waals surface area contributed by atoms with Crippen molar-refractivity contribution in [3.8, 4) is 0 Å². The minimum atomic E-state index is -1.17. The Morgan fingerprint density at radius 1 is 0.980 bits per heavy atom. The van der Waals surface area contributed by atoms with Crippen LogP contribution in [0.15, 0.2) is 47.7 Å². The van der Waals surface area contributed by atoms with E-state index in [0.29, 0.717) is 24.1 Å². The second-order valence-electron chi connectivity index (χ2n) is 19.1. The Morgan fingerprint density at radius 3 is 2.35 bits per heavy atom. The van der Waals surface area contributed by atoms with Crippen LogP contribution in [0.1, 0.15) is 127 Å². The van der Waals surface area contributed by atoms with E-state index in [1.807, 2.05) is 12.1 Å². The van der Waals surface area contributed by atoms with E-state index < -0.39 is 22.8 Å². The molecule has 5 aliphatic rings. The molecule has 51 heavy (non-hydrogen) atoms. The number of ketones is 1. The average Bonchev–Trinajstić information content (AvgIpc) is 3.34. The molecule has 0 bridgehead atoms. The Bertz CT molecular complexity index is 1660. The molecule has 4 saturated carbocycles. The molecule has 0 aromatic carbocycles. The lowest BCUT2D eigenvalue weighted by Crippen LogP contribution is -2.65. The number of nitrogens with one attached hydrogen (secondary N) is 1. The summed E-state index contributed by atoms with van der Waals surface area (Å²) in [7, 11) is 0. The maximum absolute atomic E-state index is 13.9. The van der Waals surface area contributed by atoms with Crippen molar-refractivity contribution < 1.29 is 29.0 Å². The van der Waals surface area contributed by atoms with Crippen LogP contribution in [0.3, 0.4) is 0 Å². The fraction of sp³-hybridized carbons (Fsp3) is 0.698. The molecule has 0 saturated heterocycles. The van der Waals surface area contributed by atoms with Gasteiger partial charge in [0, 0.05) is 29.5 Å². The first kappa shape index (κ1) is 37.5. The van der Waals surface area contributed by atoms with E-state index in [1.54, 1.807) is 32.2 Å². The third-order valence-corrected chi connectivity index (χ3v) is 15.3. The number of hydrogen-bond acceptors (Lipinski definition) is 6. The van der Waals surface area contributed by atoms with Crippen molar-refractivity contribution in [3.05, 3.63) is 47.7 Å². The van der Waals surface area contributed by atoms with Crippen molar-refractivity contribution in [2.24, 2.45) is 56.2 Å². The molecular formula is C43H60N2O6. The van der Waals surface area contributed by atoms with E-state index in [2.05, 4.69) is 64.8 Å².